The molecule has 0 heterocycles. The first-order valence-electron chi connectivity index (χ1n) is 9.11. The molecule has 0 aliphatic heterocycles. The highest BCUT2D eigenvalue weighted by atomic mass is 16.4. The lowest BCUT2D eigenvalue weighted by molar-refractivity contribution is -0.137. The second-order valence-corrected chi connectivity index (χ2v) is 7.64. The molecule has 2 rings (SSSR count). The van der Waals surface area contributed by atoms with E-state index in [0.29, 0.717) is 11.1 Å². The van der Waals surface area contributed by atoms with Crippen molar-refractivity contribution < 1.29 is 19.5 Å². The molecular weight excluding hydrogens is 356 g/mol. The van der Waals surface area contributed by atoms with Crippen LogP contribution in [0.1, 0.15) is 54.7 Å². The Hall–Kier alpha value is -3.15. The van der Waals surface area contributed by atoms with Crippen LogP contribution in [0.15, 0.2) is 54.6 Å². The number of hydrogen-bond acceptors (Lipinski definition) is 3. The number of aliphatic carboxylic acids is 1. The van der Waals surface area contributed by atoms with Gasteiger partial charge in [-0.05, 0) is 28.7 Å². The van der Waals surface area contributed by atoms with Gasteiger partial charge in [0.25, 0.3) is 5.91 Å². The summed E-state index contributed by atoms with van der Waals surface area (Å²) in [5, 5.41) is 14.3. The molecule has 0 aliphatic carbocycles. The van der Waals surface area contributed by atoms with Crippen molar-refractivity contribution in [1.29, 1.82) is 0 Å². The molecule has 0 spiro atoms. The van der Waals surface area contributed by atoms with E-state index in [9.17, 15) is 14.4 Å². The van der Waals surface area contributed by atoms with Gasteiger partial charge in [-0.1, -0.05) is 63.2 Å². The van der Waals surface area contributed by atoms with Crippen molar-refractivity contribution in [2.75, 3.05) is 6.54 Å². The molecule has 0 bridgehead atoms. The molecule has 6 heteroatoms. The van der Waals surface area contributed by atoms with Crippen molar-refractivity contribution in [2.24, 2.45) is 0 Å². The largest absolute Gasteiger partial charge is 0.481 e. The third kappa shape index (κ3) is 6.23. The van der Waals surface area contributed by atoms with Gasteiger partial charge in [0.15, 0.2) is 0 Å². The van der Waals surface area contributed by atoms with Gasteiger partial charge in [-0.15, -0.1) is 0 Å². The maximum atomic E-state index is 12.3. The van der Waals surface area contributed by atoms with Crippen LogP contribution < -0.4 is 10.6 Å². The average Bonchev–Trinajstić information content (AvgIpc) is 2.65. The van der Waals surface area contributed by atoms with E-state index < -0.39 is 17.9 Å². The van der Waals surface area contributed by atoms with Crippen LogP contribution in [0.4, 0.5) is 0 Å². The van der Waals surface area contributed by atoms with Crippen LogP contribution in [0.3, 0.4) is 0 Å². The zero-order chi connectivity index (χ0) is 20.7. The summed E-state index contributed by atoms with van der Waals surface area (Å²) >= 11 is 0. The number of carboxylic acid groups (broad SMARTS) is 1. The summed E-state index contributed by atoms with van der Waals surface area (Å²) < 4.78 is 0. The molecule has 0 saturated carbocycles. The molecule has 148 valence electrons. The topological polar surface area (TPSA) is 95.5 Å². The molecule has 0 aliphatic rings. The Morgan fingerprint density at radius 2 is 1.57 bits per heavy atom. The van der Waals surface area contributed by atoms with Gasteiger partial charge >= 0.3 is 5.97 Å². The van der Waals surface area contributed by atoms with Crippen LogP contribution >= 0.6 is 0 Å². The van der Waals surface area contributed by atoms with Crippen LogP contribution in [-0.4, -0.2) is 29.4 Å². The van der Waals surface area contributed by atoms with Gasteiger partial charge in [-0.2, -0.15) is 0 Å². The second-order valence-electron chi connectivity index (χ2n) is 7.64. The number of rotatable bonds is 7. The quantitative estimate of drug-likeness (QED) is 0.686. The van der Waals surface area contributed by atoms with Gasteiger partial charge in [-0.25, -0.2) is 0 Å². The minimum Gasteiger partial charge on any atom is -0.481 e. The summed E-state index contributed by atoms with van der Waals surface area (Å²) in [6.07, 6.45) is -0.238. The molecule has 2 amide bonds. The molecule has 0 saturated heterocycles. The minimum absolute atomic E-state index is 0.00845. The highest BCUT2D eigenvalue weighted by molar-refractivity contribution is 5.96. The smallest absolute Gasteiger partial charge is 0.305 e. The Morgan fingerprint density at radius 1 is 0.964 bits per heavy atom. The number of nitrogens with one attached hydrogen (secondary N) is 2. The first-order valence-corrected chi connectivity index (χ1v) is 9.11. The average molecular weight is 382 g/mol. The fourth-order valence-electron chi connectivity index (χ4n) is 2.74. The van der Waals surface area contributed by atoms with Crippen LogP contribution in [0, 0.1) is 0 Å². The summed E-state index contributed by atoms with van der Waals surface area (Å²) in [5.41, 5.74) is 2.26. The molecule has 2 aromatic rings. The normalized spacial score (nSPS) is 12.1. The van der Waals surface area contributed by atoms with E-state index in [1.807, 2.05) is 18.2 Å². The Bertz CT molecular complexity index is 824. The number of benzene rings is 2. The first kappa shape index (κ1) is 21.2. The highest BCUT2D eigenvalue weighted by Gasteiger charge is 2.19. The zero-order valence-corrected chi connectivity index (χ0v) is 16.4. The van der Waals surface area contributed by atoms with E-state index in [4.69, 9.17) is 5.11 Å². The first-order chi connectivity index (χ1) is 13.2. The lowest BCUT2D eigenvalue weighted by Crippen LogP contribution is -2.39. The van der Waals surface area contributed by atoms with Crippen LogP contribution in [0.25, 0.3) is 0 Å². The Kier molecular flexibility index (Phi) is 6.93. The van der Waals surface area contributed by atoms with Gasteiger partial charge in [-0.3, -0.25) is 14.4 Å². The summed E-state index contributed by atoms with van der Waals surface area (Å²) in [6.45, 7) is 6.04. The third-order valence-electron chi connectivity index (χ3n) is 4.34. The van der Waals surface area contributed by atoms with Crippen molar-refractivity contribution in [2.45, 2.75) is 38.6 Å². The predicted molar refractivity (Wildman–Crippen MR) is 107 cm³/mol. The Morgan fingerprint density at radius 3 is 2.11 bits per heavy atom. The van der Waals surface area contributed by atoms with E-state index >= 15 is 0 Å². The van der Waals surface area contributed by atoms with E-state index in [1.54, 1.807) is 36.4 Å². The fourth-order valence-corrected chi connectivity index (χ4v) is 2.74. The zero-order valence-electron chi connectivity index (χ0n) is 16.4. The minimum atomic E-state index is -1.02. The lowest BCUT2D eigenvalue weighted by atomic mass is 9.87. The lowest BCUT2D eigenvalue weighted by Gasteiger charge is -2.19. The van der Waals surface area contributed by atoms with Gasteiger partial charge in [0.1, 0.15) is 0 Å². The van der Waals surface area contributed by atoms with Crippen molar-refractivity contribution >= 4 is 17.8 Å². The molecular formula is C22H26N2O4. The summed E-state index contributed by atoms with van der Waals surface area (Å²) in [4.78, 5) is 35.6. The maximum Gasteiger partial charge on any atom is 0.305 e. The molecule has 0 aromatic heterocycles. The standard InChI is InChI=1S/C22H26N2O4/c1-22(2,3)17-11-9-16(10-12-17)21(28)23-14-19(25)24-18(13-20(26)27)15-7-5-4-6-8-15/h4-12,18H,13-14H2,1-3H3,(H,23,28)(H,24,25)(H,26,27). The summed E-state index contributed by atoms with van der Waals surface area (Å²) in [5.74, 6) is -1.82. The van der Waals surface area contributed by atoms with Crippen molar-refractivity contribution in [3.63, 3.8) is 0 Å². The number of hydrogen-bond donors (Lipinski definition) is 3. The van der Waals surface area contributed by atoms with Gasteiger partial charge in [0.05, 0.1) is 19.0 Å². The van der Waals surface area contributed by atoms with Crippen LogP contribution in [0.2, 0.25) is 0 Å². The molecule has 0 radical (unpaired) electrons. The number of carboxylic acids is 1. The predicted octanol–water partition coefficient (Wildman–Crippen LogP) is 3.05. The molecule has 3 N–H and O–H groups in total. The molecule has 2 aromatic carbocycles. The van der Waals surface area contributed by atoms with Crippen molar-refractivity contribution in [3.8, 4) is 0 Å². The van der Waals surface area contributed by atoms with E-state index in [2.05, 4.69) is 31.4 Å². The van der Waals surface area contributed by atoms with Crippen molar-refractivity contribution in [3.05, 3.63) is 71.3 Å². The fraction of sp³-hybridized carbons (Fsp3) is 0.318. The highest BCUT2D eigenvalue weighted by Crippen LogP contribution is 2.22. The van der Waals surface area contributed by atoms with Crippen molar-refractivity contribution in [1.82, 2.24) is 10.6 Å². The maximum absolute atomic E-state index is 12.3. The number of amides is 2. The van der Waals surface area contributed by atoms with Gasteiger partial charge < -0.3 is 15.7 Å². The molecule has 1 atom stereocenters. The number of carbonyl (C=O) groups is 3. The molecule has 28 heavy (non-hydrogen) atoms. The Balaban J connectivity index is 1.94. The monoisotopic (exact) mass is 382 g/mol. The van der Waals surface area contributed by atoms with E-state index in [0.717, 1.165) is 5.56 Å². The molecule has 1 unspecified atom stereocenters. The molecule has 6 nitrogen and oxygen atoms in total. The summed E-state index contributed by atoms with van der Waals surface area (Å²) in [6, 6.07) is 15.5. The van der Waals surface area contributed by atoms with E-state index in [1.165, 1.54) is 0 Å². The third-order valence-corrected chi connectivity index (χ3v) is 4.34. The van der Waals surface area contributed by atoms with E-state index in [-0.39, 0.29) is 24.3 Å². The van der Waals surface area contributed by atoms with Gasteiger partial charge in [0.2, 0.25) is 5.91 Å². The van der Waals surface area contributed by atoms with Gasteiger partial charge in [0, 0.05) is 5.56 Å². The second kappa shape index (κ2) is 9.17. The number of carbonyl (C=O) groups excluding carboxylic acids is 2. The van der Waals surface area contributed by atoms with Crippen LogP contribution in [-0.2, 0) is 15.0 Å². The molecule has 0 fully saturated rings. The Labute approximate surface area is 165 Å². The SMILES string of the molecule is CC(C)(C)c1ccc(C(=O)NCC(=O)NC(CC(=O)O)c2ccccc2)cc1. The van der Waals surface area contributed by atoms with Crippen LogP contribution in [0.5, 0.6) is 0 Å². The summed E-state index contributed by atoms with van der Waals surface area (Å²) in [7, 11) is 0.